The Morgan fingerprint density at radius 2 is 2.43 bits per heavy atom. The summed E-state index contributed by atoms with van der Waals surface area (Å²) < 4.78 is 1.17. The zero-order chi connectivity index (χ0) is 5.54. The molecule has 0 aromatic rings. The molecule has 0 fully saturated rings. The van der Waals surface area contributed by atoms with Crippen molar-refractivity contribution in [1.29, 1.82) is 0 Å². The van der Waals surface area contributed by atoms with Crippen molar-refractivity contribution in [2.75, 3.05) is 18.1 Å². The molecular weight excluding hydrogens is 205 g/mol. The third-order valence-corrected chi connectivity index (χ3v) is 1.29. The molecule has 0 saturated heterocycles. The van der Waals surface area contributed by atoms with Gasteiger partial charge < -0.3 is 4.84 Å². The molecule has 0 saturated carbocycles. The minimum atomic E-state index is 0.819. The average Bonchev–Trinajstić information content (AvgIpc) is 1.69. The van der Waals surface area contributed by atoms with Crippen molar-refractivity contribution >= 4 is 22.6 Å². The third-order valence-electron chi connectivity index (χ3n) is 0.524. The zero-order valence-corrected chi connectivity index (χ0v) is 6.57. The summed E-state index contributed by atoms with van der Waals surface area (Å²) in [6, 6.07) is 0. The van der Waals surface area contributed by atoms with Gasteiger partial charge in [0.25, 0.3) is 0 Å². The lowest BCUT2D eigenvalue weighted by atomic mass is 10.5. The van der Waals surface area contributed by atoms with Crippen molar-refractivity contribution in [3.63, 3.8) is 0 Å². The van der Waals surface area contributed by atoms with Crippen molar-refractivity contribution in [3.05, 3.63) is 0 Å². The highest BCUT2D eigenvalue weighted by Gasteiger charge is 1.79. The topological polar surface area (TPSA) is 21.3 Å². The Morgan fingerprint density at radius 3 is 2.86 bits per heavy atom. The highest BCUT2D eigenvalue weighted by Crippen LogP contribution is 1.86. The van der Waals surface area contributed by atoms with Crippen LogP contribution in [0.1, 0.15) is 6.42 Å². The number of hydroxylamine groups is 1. The maximum atomic E-state index is 4.82. The first-order valence-corrected chi connectivity index (χ1v) is 3.79. The maximum Gasteiger partial charge on any atom is 0.0689 e. The molecule has 0 bridgehead atoms. The van der Waals surface area contributed by atoms with E-state index in [4.69, 9.17) is 4.84 Å². The fourth-order valence-corrected chi connectivity index (χ4v) is 0.540. The van der Waals surface area contributed by atoms with Crippen LogP contribution in [0.4, 0.5) is 0 Å². The molecule has 3 heteroatoms. The van der Waals surface area contributed by atoms with Crippen molar-refractivity contribution in [2.45, 2.75) is 6.42 Å². The Kier molecular flexibility index (Phi) is 7.27. The van der Waals surface area contributed by atoms with Crippen LogP contribution in [0.2, 0.25) is 0 Å². The fourth-order valence-electron chi connectivity index (χ4n) is 0.229. The smallest absolute Gasteiger partial charge is 0.0689 e. The van der Waals surface area contributed by atoms with Gasteiger partial charge in [-0.1, -0.05) is 22.6 Å². The van der Waals surface area contributed by atoms with E-state index in [1.165, 1.54) is 4.43 Å². The van der Waals surface area contributed by atoms with E-state index in [1.54, 1.807) is 7.05 Å². The largest absolute Gasteiger partial charge is 0.302 e. The molecule has 0 aliphatic heterocycles. The van der Waals surface area contributed by atoms with E-state index in [2.05, 4.69) is 28.1 Å². The first-order chi connectivity index (χ1) is 3.41. The molecule has 0 aromatic carbocycles. The van der Waals surface area contributed by atoms with E-state index >= 15 is 0 Å². The first-order valence-electron chi connectivity index (χ1n) is 2.26. The van der Waals surface area contributed by atoms with E-state index in [1.807, 2.05) is 0 Å². The SMILES string of the molecule is CNOCCCI. The van der Waals surface area contributed by atoms with Gasteiger partial charge in [0.2, 0.25) is 0 Å². The average molecular weight is 215 g/mol. The normalized spacial score (nSPS) is 9.43. The van der Waals surface area contributed by atoms with Crippen LogP contribution in [-0.2, 0) is 4.84 Å². The summed E-state index contributed by atoms with van der Waals surface area (Å²) in [5, 5.41) is 0. The van der Waals surface area contributed by atoms with Crippen molar-refractivity contribution in [1.82, 2.24) is 5.48 Å². The highest BCUT2D eigenvalue weighted by atomic mass is 127. The number of alkyl halides is 1. The van der Waals surface area contributed by atoms with Gasteiger partial charge in [-0.2, -0.15) is 0 Å². The molecule has 0 heterocycles. The second-order valence-electron chi connectivity index (χ2n) is 1.10. The summed E-state index contributed by atoms with van der Waals surface area (Å²) in [4.78, 5) is 4.82. The predicted molar refractivity (Wildman–Crippen MR) is 38.5 cm³/mol. The van der Waals surface area contributed by atoms with Gasteiger partial charge in [-0.15, -0.1) is 0 Å². The lowest BCUT2D eigenvalue weighted by Crippen LogP contribution is -2.08. The molecule has 0 spiro atoms. The van der Waals surface area contributed by atoms with E-state index in [9.17, 15) is 0 Å². The second-order valence-corrected chi connectivity index (χ2v) is 2.17. The molecule has 0 unspecified atom stereocenters. The molecule has 44 valence electrons. The van der Waals surface area contributed by atoms with Gasteiger partial charge >= 0.3 is 0 Å². The van der Waals surface area contributed by atoms with E-state index < -0.39 is 0 Å². The molecule has 0 aromatic heterocycles. The summed E-state index contributed by atoms with van der Waals surface area (Å²) in [7, 11) is 1.77. The fraction of sp³-hybridized carbons (Fsp3) is 1.00. The van der Waals surface area contributed by atoms with Crippen LogP contribution < -0.4 is 5.48 Å². The number of rotatable bonds is 4. The Bertz CT molecular complexity index is 30.9. The lowest BCUT2D eigenvalue weighted by molar-refractivity contribution is 0.0593. The molecule has 1 N–H and O–H groups in total. The molecule has 0 rings (SSSR count). The summed E-state index contributed by atoms with van der Waals surface area (Å²) in [6.45, 7) is 0.819. The number of halogens is 1. The monoisotopic (exact) mass is 215 g/mol. The molecule has 2 nitrogen and oxygen atoms in total. The van der Waals surface area contributed by atoms with Crippen LogP contribution in [-0.4, -0.2) is 18.1 Å². The van der Waals surface area contributed by atoms with Crippen LogP contribution in [0.15, 0.2) is 0 Å². The quantitative estimate of drug-likeness (QED) is 0.326. The molecule has 0 aliphatic carbocycles. The Balaban J connectivity index is 2.45. The summed E-state index contributed by atoms with van der Waals surface area (Å²) in [5.74, 6) is 0. The Labute approximate surface area is 57.7 Å². The molecule has 0 atom stereocenters. The van der Waals surface area contributed by atoms with E-state index in [0.717, 1.165) is 13.0 Å². The standard InChI is InChI=1S/C4H10INO/c1-6-7-4-2-3-5/h6H,2-4H2,1H3. The number of hydrogen-bond acceptors (Lipinski definition) is 2. The second kappa shape index (κ2) is 6.65. The maximum absolute atomic E-state index is 4.82. The van der Waals surface area contributed by atoms with Crippen LogP contribution in [0, 0.1) is 0 Å². The van der Waals surface area contributed by atoms with Gasteiger partial charge in [0, 0.05) is 11.5 Å². The molecule has 0 amide bonds. The summed E-state index contributed by atoms with van der Waals surface area (Å²) in [6.07, 6.45) is 1.13. The number of hydrogen-bond donors (Lipinski definition) is 1. The van der Waals surface area contributed by atoms with Crippen LogP contribution in [0.5, 0.6) is 0 Å². The Morgan fingerprint density at radius 1 is 1.71 bits per heavy atom. The van der Waals surface area contributed by atoms with Gasteiger partial charge in [0.1, 0.15) is 0 Å². The van der Waals surface area contributed by atoms with Gasteiger partial charge in [-0.05, 0) is 6.42 Å². The van der Waals surface area contributed by atoms with Gasteiger partial charge in [0.15, 0.2) is 0 Å². The van der Waals surface area contributed by atoms with Gasteiger partial charge in [-0.25, -0.2) is 5.48 Å². The molecule has 7 heavy (non-hydrogen) atoms. The van der Waals surface area contributed by atoms with Crippen molar-refractivity contribution in [3.8, 4) is 0 Å². The number of nitrogens with one attached hydrogen (secondary N) is 1. The molecular formula is C4H10INO. The Hall–Kier alpha value is 0.650. The van der Waals surface area contributed by atoms with Crippen LogP contribution in [0.25, 0.3) is 0 Å². The van der Waals surface area contributed by atoms with Crippen LogP contribution >= 0.6 is 22.6 Å². The van der Waals surface area contributed by atoms with E-state index in [-0.39, 0.29) is 0 Å². The molecule has 0 radical (unpaired) electrons. The third kappa shape index (κ3) is 6.65. The summed E-state index contributed by atoms with van der Waals surface area (Å²) >= 11 is 2.32. The summed E-state index contributed by atoms with van der Waals surface area (Å²) in [5.41, 5.74) is 2.60. The first kappa shape index (κ1) is 7.65. The predicted octanol–water partition coefficient (Wildman–Crippen LogP) is 0.962. The van der Waals surface area contributed by atoms with Crippen molar-refractivity contribution in [2.24, 2.45) is 0 Å². The minimum Gasteiger partial charge on any atom is -0.302 e. The zero-order valence-electron chi connectivity index (χ0n) is 4.41. The highest BCUT2D eigenvalue weighted by molar-refractivity contribution is 14.1. The minimum absolute atomic E-state index is 0.819. The van der Waals surface area contributed by atoms with Crippen LogP contribution in [0.3, 0.4) is 0 Å². The van der Waals surface area contributed by atoms with Crippen molar-refractivity contribution < 1.29 is 4.84 Å². The van der Waals surface area contributed by atoms with Gasteiger partial charge in [0.05, 0.1) is 6.61 Å². The van der Waals surface area contributed by atoms with E-state index in [0.29, 0.717) is 0 Å². The lowest BCUT2D eigenvalue weighted by Gasteiger charge is -1.95. The molecule has 0 aliphatic rings. The van der Waals surface area contributed by atoms with Gasteiger partial charge in [-0.3, -0.25) is 0 Å².